The fraction of sp³-hybridized carbons (Fsp3) is 0.643. The zero-order chi connectivity index (χ0) is 14.2. The van der Waals surface area contributed by atoms with Crippen molar-refractivity contribution >= 4 is 18.9 Å². The van der Waals surface area contributed by atoms with E-state index in [1.807, 2.05) is 0 Å². The highest BCUT2D eigenvalue weighted by atomic mass is 16.5. The molecular formula is C14H24O4. The van der Waals surface area contributed by atoms with Crippen molar-refractivity contribution in [3.05, 3.63) is 11.6 Å². The molecule has 0 aliphatic carbocycles. The second kappa shape index (κ2) is 15.7. The van der Waals surface area contributed by atoms with Crippen molar-refractivity contribution in [2.75, 3.05) is 13.2 Å². The molecule has 0 amide bonds. The van der Waals surface area contributed by atoms with Crippen LogP contribution in [0.2, 0.25) is 0 Å². The van der Waals surface area contributed by atoms with Gasteiger partial charge in [-0.05, 0) is 39.0 Å². The Morgan fingerprint density at radius 1 is 1.11 bits per heavy atom. The lowest BCUT2D eigenvalue weighted by molar-refractivity contribution is -0.122. The standard InChI is InChI=1S/C12H22O2.C2H2O2/c1-11(2)5-4-6-12(3)7-9-14-10-8-13;3-1-2-4/h5,8,12H,4,6-7,9-10H2,1-3H3;1-2H. The number of aldehydes is 3. The predicted molar refractivity (Wildman–Crippen MR) is 71.5 cm³/mol. The van der Waals surface area contributed by atoms with Gasteiger partial charge in [0.2, 0.25) is 0 Å². The smallest absolute Gasteiger partial charge is 0.182 e. The summed E-state index contributed by atoms with van der Waals surface area (Å²) in [6, 6.07) is 0. The Balaban J connectivity index is 0. The highest BCUT2D eigenvalue weighted by Crippen LogP contribution is 2.11. The molecule has 0 saturated carbocycles. The number of hydrogen-bond acceptors (Lipinski definition) is 4. The zero-order valence-electron chi connectivity index (χ0n) is 11.6. The van der Waals surface area contributed by atoms with E-state index in [0.29, 0.717) is 12.5 Å². The highest BCUT2D eigenvalue weighted by molar-refractivity contribution is 6.09. The zero-order valence-corrected chi connectivity index (χ0v) is 11.6. The van der Waals surface area contributed by atoms with Crippen LogP contribution in [-0.2, 0) is 19.1 Å². The fourth-order valence-electron chi connectivity index (χ4n) is 1.22. The van der Waals surface area contributed by atoms with Gasteiger partial charge in [0.15, 0.2) is 12.6 Å². The Hall–Kier alpha value is -1.29. The SMILES string of the molecule is CC(C)=CCCC(C)CCOCC=O.O=CC=O. The van der Waals surface area contributed by atoms with Gasteiger partial charge in [-0.1, -0.05) is 18.6 Å². The first-order valence-corrected chi connectivity index (χ1v) is 6.12. The molecule has 0 heterocycles. The van der Waals surface area contributed by atoms with Crippen molar-refractivity contribution in [3.63, 3.8) is 0 Å². The van der Waals surface area contributed by atoms with E-state index in [9.17, 15) is 4.79 Å². The summed E-state index contributed by atoms with van der Waals surface area (Å²) in [6.07, 6.45) is 6.86. The molecule has 4 nitrogen and oxygen atoms in total. The summed E-state index contributed by atoms with van der Waals surface area (Å²) in [7, 11) is 0. The Bertz CT molecular complexity index is 236. The Labute approximate surface area is 109 Å². The van der Waals surface area contributed by atoms with Gasteiger partial charge in [0.1, 0.15) is 12.9 Å². The van der Waals surface area contributed by atoms with Crippen molar-refractivity contribution in [3.8, 4) is 0 Å². The first-order chi connectivity index (χ1) is 8.58. The van der Waals surface area contributed by atoms with Crippen LogP contribution in [0.1, 0.15) is 40.0 Å². The van der Waals surface area contributed by atoms with Crippen LogP contribution >= 0.6 is 0 Å². The predicted octanol–water partition coefficient (Wildman–Crippen LogP) is 2.36. The molecule has 0 saturated heterocycles. The molecule has 18 heavy (non-hydrogen) atoms. The molecule has 0 fully saturated rings. The lowest BCUT2D eigenvalue weighted by atomic mass is 10.0. The Morgan fingerprint density at radius 3 is 2.17 bits per heavy atom. The van der Waals surface area contributed by atoms with Crippen molar-refractivity contribution in [1.82, 2.24) is 0 Å². The average molecular weight is 256 g/mol. The van der Waals surface area contributed by atoms with Crippen molar-refractivity contribution in [1.29, 1.82) is 0 Å². The fourth-order valence-corrected chi connectivity index (χ4v) is 1.22. The van der Waals surface area contributed by atoms with Gasteiger partial charge in [-0.15, -0.1) is 0 Å². The molecule has 0 spiro atoms. The summed E-state index contributed by atoms with van der Waals surface area (Å²) in [6.45, 7) is 7.41. The van der Waals surface area contributed by atoms with E-state index < -0.39 is 0 Å². The third-order valence-corrected chi connectivity index (χ3v) is 2.21. The number of carbonyl (C=O) groups excluding carboxylic acids is 3. The van der Waals surface area contributed by atoms with Gasteiger partial charge < -0.3 is 9.53 Å². The van der Waals surface area contributed by atoms with Gasteiger partial charge in [0.25, 0.3) is 0 Å². The largest absolute Gasteiger partial charge is 0.374 e. The first kappa shape index (κ1) is 19.1. The maximum absolute atomic E-state index is 9.96. The summed E-state index contributed by atoms with van der Waals surface area (Å²) in [5.41, 5.74) is 1.38. The highest BCUT2D eigenvalue weighted by Gasteiger charge is 2.00. The van der Waals surface area contributed by atoms with Gasteiger partial charge in [0.05, 0.1) is 0 Å². The van der Waals surface area contributed by atoms with Crippen LogP contribution in [-0.4, -0.2) is 32.1 Å². The van der Waals surface area contributed by atoms with Gasteiger partial charge in [-0.25, -0.2) is 0 Å². The third kappa shape index (κ3) is 20.2. The number of allylic oxidation sites excluding steroid dienone is 2. The van der Waals surface area contributed by atoms with E-state index >= 15 is 0 Å². The molecule has 0 rings (SSSR count). The van der Waals surface area contributed by atoms with Crippen LogP contribution in [0.4, 0.5) is 0 Å². The average Bonchev–Trinajstić information content (AvgIpc) is 2.34. The summed E-state index contributed by atoms with van der Waals surface area (Å²) in [5, 5.41) is 0. The second-order valence-electron chi connectivity index (χ2n) is 4.27. The van der Waals surface area contributed by atoms with E-state index in [1.54, 1.807) is 0 Å². The topological polar surface area (TPSA) is 60.4 Å². The van der Waals surface area contributed by atoms with E-state index in [1.165, 1.54) is 12.0 Å². The van der Waals surface area contributed by atoms with Crippen LogP contribution in [0.25, 0.3) is 0 Å². The number of ether oxygens (including phenoxy) is 1. The number of carbonyl (C=O) groups is 3. The monoisotopic (exact) mass is 256 g/mol. The van der Waals surface area contributed by atoms with Crippen LogP contribution in [0.15, 0.2) is 11.6 Å². The van der Waals surface area contributed by atoms with E-state index in [-0.39, 0.29) is 19.2 Å². The molecule has 0 bridgehead atoms. The molecule has 0 N–H and O–H groups in total. The van der Waals surface area contributed by atoms with Gasteiger partial charge in [-0.2, -0.15) is 0 Å². The minimum atomic E-state index is 0.194. The number of rotatable bonds is 9. The van der Waals surface area contributed by atoms with Crippen molar-refractivity contribution in [2.24, 2.45) is 5.92 Å². The molecule has 0 aromatic rings. The van der Waals surface area contributed by atoms with Crippen molar-refractivity contribution < 1.29 is 19.1 Å². The first-order valence-electron chi connectivity index (χ1n) is 6.12. The van der Waals surface area contributed by atoms with Crippen LogP contribution in [0.5, 0.6) is 0 Å². The molecule has 4 heteroatoms. The Morgan fingerprint density at radius 2 is 1.72 bits per heavy atom. The van der Waals surface area contributed by atoms with Crippen LogP contribution in [0.3, 0.4) is 0 Å². The second-order valence-corrected chi connectivity index (χ2v) is 4.27. The van der Waals surface area contributed by atoms with E-state index in [2.05, 4.69) is 26.8 Å². The summed E-state index contributed by atoms with van der Waals surface area (Å²) < 4.78 is 5.10. The summed E-state index contributed by atoms with van der Waals surface area (Å²) in [5.74, 6) is 0.678. The summed E-state index contributed by atoms with van der Waals surface area (Å²) >= 11 is 0. The normalized spacial score (nSPS) is 10.6. The maximum Gasteiger partial charge on any atom is 0.182 e. The lowest BCUT2D eigenvalue weighted by Gasteiger charge is -2.09. The number of hydrogen-bond donors (Lipinski definition) is 0. The molecule has 0 aromatic carbocycles. The van der Waals surface area contributed by atoms with Gasteiger partial charge in [0, 0.05) is 6.61 Å². The summed E-state index contributed by atoms with van der Waals surface area (Å²) in [4.78, 5) is 27.6. The van der Waals surface area contributed by atoms with Crippen LogP contribution < -0.4 is 0 Å². The molecule has 0 aromatic heterocycles. The van der Waals surface area contributed by atoms with Crippen LogP contribution in [0, 0.1) is 5.92 Å². The quantitative estimate of drug-likeness (QED) is 0.275. The molecule has 0 aliphatic rings. The van der Waals surface area contributed by atoms with E-state index in [0.717, 1.165) is 19.1 Å². The molecule has 1 unspecified atom stereocenters. The van der Waals surface area contributed by atoms with Crippen molar-refractivity contribution in [2.45, 2.75) is 40.0 Å². The third-order valence-electron chi connectivity index (χ3n) is 2.21. The maximum atomic E-state index is 9.96. The minimum absolute atomic E-state index is 0.194. The van der Waals surface area contributed by atoms with E-state index in [4.69, 9.17) is 14.3 Å². The Kier molecular flexibility index (Phi) is 16.6. The molecule has 1 atom stereocenters. The molecular weight excluding hydrogens is 232 g/mol. The van der Waals surface area contributed by atoms with Gasteiger partial charge in [-0.3, -0.25) is 9.59 Å². The molecule has 0 aliphatic heterocycles. The molecule has 0 radical (unpaired) electrons. The lowest BCUT2D eigenvalue weighted by Crippen LogP contribution is -2.03. The van der Waals surface area contributed by atoms with Gasteiger partial charge >= 0.3 is 0 Å². The molecule has 104 valence electrons. The minimum Gasteiger partial charge on any atom is -0.374 e.